The first-order valence-corrected chi connectivity index (χ1v) is 6.93. The summed E-state index contributed by atoms with van der Waals surface area (Å²) in [5.41, 5.74) is 2.29. The minimum atomic E-state index is -0.427. The molecule has 0 spiro atoms. The molecule has 1 aromatic carbocycles. The number of benzene rings is 1. The highest BCUT2D eigenvalue weighted by Gasteiger charge is 2.21. The molecule has 1 amide bonds. The SMILES string of the molecule is Cc1cc(NC(=O)C(C)(C)C)ccc1-c1ccc(CO)o1. The maximum Gasteiger partial charge on any atom is 0.229 e. The molecule has 21 heavy (non-hydrogen) atoms. The van der Waals surface area contributed by atoms with Crippen LogP contribution in [0.1, 0.15) is 32.1 Å². The Hall–Kier alpha value is -2.07. The van der Waals surface area contributed by atoms with E-state index in [0.717, 1.165) is 16.8 Å². The highest BCUT2D eigenvalue weighted by molar-refractivity contribution is 5.94. The van der Waals surface area contributed by atoms with Crippen LogP contribution in [0.25, 0.3) is 11.3 Å². The summed E-state index contributed by atoms with van der Waals surface area (Å²) >= 11 is 0. The fraction of sp³-hybridized carbons (Fsp3) is 0.353. The van der Waals surface area contributed by atoms with Crippen molar-refractivity contribution in [3.8, 4) is 11.3 Å². The van der Waals surface area contributed by atoms with Gasteiger partial charge >= 0.3 is 0 Å². The molecular weight excluding hydrogens is 266 g/mol. The molecule has 2 aromatic rings. The first-order chi connectivity index (χ1) is 9.81. The van der Waals surface area contributed by atoms with Gasteiger partial charge in [0, 0.05) is 16.7 Å². The number of hydrogen-bond acceptors (Lipinski definition) is 3. The van der Waals surface area contributed by atoms with Gasteiger partial charge in [-0.3, -0.25) is 4.79 Å². The van der Waals surface area contributed by atoms with E-state index in [4.69, 9.17) is 9.52 Å². The maximum absolute atomic E-state index is 12.0. The zero-order valence-electron chi connectivity index (χ0n) is 12.9. The van der Waals surface area contributed by atoms with Gasteiger partial charge in [-0.05, 0) is 42.8 Å². The molecule has 0 atom stereocenters. The molecule has 0 saturated heterocycles. The number of anilines is 1. The van der Waals surface area contributed by atoms with Gasteiger partial charge in [0.1, 0.15) is 18.1 Å². The van der Waals surface area contributed by atoms with E-state index in [2.05, 4.69) is 5.32 Å². The van der Waals surface area contributed by atoms with Crippen molar-refractivity contribution in [3.05, 3.63) is 41.7 Å². The molecule has 0 fully saturated rings. The van der Waals surface area contributed by atoms with E-state index in [1.54, 1.807) is 6.07 Å². The molecule has 0 aliphatic carbocycles. The minimum absolute atomic E-state index is 0.0183. The third-order valence-electron chi connectivity index (χ3n) is 3.25. The monoisotopic (exact) mass is 287 g/mol. The number of furan rings is 1. The number of aryl methyl sites for hydroxylation is 1. The summed E-state index contributed by atoms with van der Waals surface area (Å²) in [5, 5.41) is 12.0. The van der Waals surface area contributed by atoms with Crippen molar-refractivity contribution in [2.45, 2.75) is 34.3 Å². The van der Waals surface area contributed by atoms with E-state index in [9.17, 15) is 4.79 Å². The van der Waals surface area contributed by atoms with Crippen LogP contribution in [0.4, 0.5) is 5.69 Å². The normalized spacial score (nSPS) is 11.5. The Morgan fingerprint density at radius 1 is 1.24 bits per heavy atom. The highest BCUT2D eigenvalue weighted by Crippen LogP contribution is 2.28. The van der Waals surface area contributed by atoms with Crippen molar-refractivity contribution < 1.29 is 14.3 Å². The fourth-order valence-corrected chi connectivity index (χ4v) is 1.94. The second-order valence-electron chi connectivity index (χ2n) is 6.16. The molecule has 0 aliphatic heterocycles. The number of amides is 1. The third-order valence-corrected chi connectivity index (χ3v) is 3.25. The molecule has 0 saturated carbocycles. The molecule has 0 radical (unpaired) electrons. The topological polar surface area (TPSA) is 62.5 Å². The van der Waals surface area contributed by atoms with Gasteiger partial charge in [0.2, 0.25) is 5.91 Å². The number of aliphatic hydroxyl groups is 1. The molecule has 2 rings (SSSR count). The van der Waals surface area contributed by atoms with E-state index < -0.39 is 5.41 Å². The van der Waals surface area contributed by atoms with Crippen LogP contribution in [-0.4, -0.2) is 11.0 Å². The number of aliphatic hydroxyl groups excluding tert-OH is 1. The standard InChI is InChI=1S/C17H21NO3/c1-11-9-12(18-16(20)17(2,3)4)5-7-14(11)15-8-6-13(10-19)21-15/h5-9,19H,10H2,1-4H3,(H,18,20). The molecule has 4 heteroatoms. The van der Waals surface area contributed by atoms with Crippen molar-refractivity contribution in [1.82, 2.24) is 0 Å². The van der Waals surface area contributed by atoms with E-state index in [0.29, 0.717) is 11.5 Å². The minimum Gasteiger partial charge on any atom is -0.459 e. The second-order valence-corrected chi connectivity index (χ2v) is 6.16. The van der Waals surface area contributed by atoms with Crippen LogP contribution in [0.5, 0.6) is 0 Å². The molecule has 1 heterocycles. The lowest BCUT2D eigenvalue weighted by molar-refractivity contribution is -0.123. The molecule has 1 aromatic heterocycles. The van der Waals surface area contributed by atoms with Gasteiger partial charge in [0.15, 0.2) is 0 Å². The first kappa shape index (κ1) is 15.3. The second kappa shape index (κ2) is 5.74. The zero-order valence-corrected chi connectivity index (χ0v) is 12.9. The molecule has 112 valence electrons. The number of nitrogens with one attached hydrogen (secondary N) is 1. The van der Waals surface area contributed by atoms with Crippen molar-refractivity contribution >= 4 is 11.6 Å². The number of carbonyl (C=O) groups is 1. The summed E-state index contributed by atoms with van der Waals surface area (Å²) in [6, 6.07) is 9.27. The first-order valence-electron chi connectivity index (χ1n) is 6.93. The lowest BCUT2D eigenvalue weighted by atomic mass is 9.95. The summed E-state index contributed by atoms with van der Waals surface area (Å²) < 4.78 is 5.54. The van der Waals surface area contributed by atoms with Gasteiger partial charge in [-0.1, -0.05) is 20.8 Å². The van der Waals surface area contributed by atoms with Gasteiger partial charge in [-0.15, -0.1) is 0 Å². The molecule has 0 aliphatic rings. The lowest BCUT2D eigenvalue weighted by Gasteiger charge is -2.18. The van der Waals surface area contributed by atoms with E-state index in [-0.39, 0.29) is 12.5 Å². The maximum atomic E-state index is 12.0. The Morgan fingerprint density at radius 2 is 1.95 bits per heavy atom. The average molecular weight is 287 g/mol. The smallest absolute Gasteiger partial charge is 0.229 e. The van der Waals surface area contributed by atoms with Gasteiger partial charge in [0.25, 0.3) is 0 Å². The van der Waals surface area contributed by atoms with E-state index in [1.807, 2.05) is 52.0 Å². The predicted octanol–water partition coefficient (Wildman–Crippen LogP) is 3.73. The Labute approximate surface area is 124 Å². The lowest BCUT2D eigenvalue weighted by Crippen LogP contribution is -2.27. The summed E-state index contributed by atoms with van der Waals surface area (Å²) in [4.78, 5) is 12.0. The Bertz CT molecular complexity index is 650. The molecular formula is C17H21NO3. The van der Waals surface area contributed by atoms with Crippen LogP contribution < -0.4 is 5.32 Å². The number of rotatable bonds is 3. The third kappa shape index (κ3) is 3.52. The predicted molar refractivity (Wildman–Crippen MR) is 82.9 cm³/mol. The largest absolute Gasteiger partial charge is 0.459 e. The summed E-state index contributed by atoms with van der Waals surface area (Å²) in [6.07, 6.45) is 0. The van der Waals surface area contributed by atoms with Gasteiger partial charge in [-0.25, -0.2) is 0 Å². The van der Waals surface area contributed by atoms with Gasteiger partial charge < -0.3 is 14.8 Å². The summed E-state index contributed by atoms with van der Waals surface area (Å²) in [6.45, 7) is 7.48. The molecule has 2 N–H and O–H groups in total. The van der Waals surface area contributed by atoms with Crippen LogP contribution in [0.3, 0.4) is 0 Å². The van der Waals surface area contributed by atoms with Crippen LogP contribution in [0, 0.1) is 12.3 Å². The van der Waals surface area contributed by atoms with E-state index >= 15 is 0 Å². The van der Waals surface area contributed by atoms with Gasteiger partial charge in [-0.2, -0.15) is 0 Å². The van der Waals surface area contributed by atoms with Crippen molar-refractivity contribution in [2.75, 3.05) is 5.32 Å². The quantitative estimate of drug-likeness (QED) is 0.904. The Morgan fingerprint density at radius 3 is 2.48 bits per heavy atom. The Kier molecular flexibility index (Phi) is 4.19. The van der Waals surface area contributed by atoms with Crippen LogP contribution in [0.15, 0.2) is 34.7 Å². The van der Waals surface area contributed by atoms with Crippen molar-refractivity contribution in [1.29, 1.82) is 0 Å². The van der Waals surface area contributed by atoms with Crippen LogP contribution in [-0.2, 0) is 11.4 Å². The Balaban J connectivity index is 2.23. The van der Waals surface area contributed by atoms with Crippen LogP contribution >= 0.6 is 0 Å². The highest BCUT2D eigenvalue weighted by atomic mass is 16.4. The van der Waals surface area contributed by atoms with Crippen LogP contribution in [0.2, 0.25) is 0 Å². The van der Waals surface area contributed by atoms with E-state index in [1.165, 1.54) is 0 Å². The van der Waals surface area contributed by atoms with Crippen molar-refractivity contribution in [3.63, 3.8) is 0 Å². The average Bonchev–Trinajstić information content (AvgIpc) is 2.86. The number of carbonyl (C=O) groups excluding carboxylic acids is 1. The molecule has 0 unspecified atom stereocenters. The van der Waals surface area contributed by atoms with Gasteiger partial charge in [0.05, 0.1) is 0 Å². The number of hydrogen-bond donors (Lipinski definition) is 2. The zero-order chi connectivity index (χ0) is 15.6. The molecule has 4 nitrogen and oxygen atoms in total. The summed E-state index contributed by atoms with van der Waals surface area (Å²) in [7, 11) is 0. The molecule has 0 bridgehead atoms. The van der Waals surface area contributed by atoms with Crippen molar-refractivity contribution in [2.24, 2.45) is 5.41 Å². The fourth-order valence-electron chi connectivity index (χ4n) is 1.94. The summed E-state index contributed by atoms with van der Waals surface area (Å²) in [5.74, 6) is 1.23.